The summed E-state index contributed by atoms with van der Waals surface area (Å²) >= 11 is 6.48. The number of nitrogens with two attached hydrogens (primary N) is 1. The third kappa shape index (κ3) is 6.39. The second-order valence-electron chi connectivity index (χ2n) is 13.4. The summed E-state index contributed by atoms with van der Waals surface area (Å²) in [6, 6.07) is 1.36. The lowest BCUT2D eigenvalue weighted by Gasteiger charge is -2.36. The zero-order valence-electron chi connectivity index (χ0n) is 26.3. The van der Waals surface area contributed by atoms with Crippen LogP contribution in [-0.4, -0.2) is 97.1 Å². The van der Waals surface area contributed by atoms with Gasteiger partial charge in [0.1, 0.15) is 17.7 Å². The molecular formula is C33H41ClF3N7O3. The molecule has 6 aliphatic rings. The van der Waals surface area contributed by atoms with Crippen LogP contribution < -0.4 is 16.4 Å². The number of alkyl halides is 1. The van der Waals surface area contributed by atoms with E-state index < -0.39 is 29.7 Å². The number of hydrogen-bond donors (Lipinski definition) is 3. The fraction of sp³-hybridized carbons (Fsp3) is 0.606. The lowest BCUT2D eigenvalue weighted by atomic mass is 9.95. The first-order chi connectivity index (χ1) is 22.7. The highest BCUT2D eigenvalue weighted by atomic mass is 35.5. The van der Waals surface area contributed by atoms with Crippen molar-refractivity contribution < 1.29 is 27.4 Å². The third-order valence-corrected chi connectivity index (χ3v) is 10.6. The van der Waals surface area contributed by atoms with Crippen LogP contribution in [0.25, 0.3) is 11.3 Å². The van der Waals surface area contributed by atoms with E-state index >= 15 is 4.39 Å². The van der Waals surface area contributed by atoms with Crippen molar-refractivity contribution in [2.75, 3.05) is 63.6 Å². The number of anilines is 2. The van der Waals surface area contributed by atoms with Gasteiger partial charge in [-0.05, 0) is 56.7 Å². The summed E-state index contributed by atoms with van der Waals surface area (Å²) in [7, 11) is 0. The maximum absolute atomic E-state index is 16.9. The molecule has 0 saturated carbocycles. The van der Waals surface area contributed by atoms with Crippen molar-refractivity contribution in [3.8, 4) is 11.3 Å². The van der Waals surface area contributed by atoms with Crippen LogP contribution in [0.4, 0.5) is 24.5 Å². The standard InChI is InChI=1S/C33H41ClF3N7O3/c34-26-21-4-1-2-5-25(45)39-8-6-19-15-43(10-11-46-17-19)31-23-14-40-29(22(21)12-24(38)27(26)36)28(37)30(23)41-32(42-31)47-18-33-7-3-9-44(33)16-20(35)13-33/h12,14,19-20,32,41H,1-11,13,15-18,38H2,(H,39,45)/t19?,20-,32?,33+/m1/s1. The van der Waals surface area contributed by atoms with Gasteiger partial charge in [-0.25, -0.2) is 18.2 Å². The first-order valence-electron chi connectivity index (χ1n) is 16.6. The fourth-order valence-electron chi connectivity index (χ4n) is 7.81. The molecule has 8 rings (SSSR count). The summed E-state index contributed by atoms with van der Waals surface area (Å²) < 4.78 is 58.6. The summed E-state index contributed by atoms with van der Waals surface area (Å²) in [5.74, 6) is -0.906. The number of pyridine rings is 1. The first-order valence-corrected chi connectivity index (χ1v) is 17.0. The average Bonchev–Trinajstić information content (AvgIpc) is 3.47. The van der Waals surface area contributed by atoms with Crippen LogP contribution in [0.1, 0.15) is 56.1 Å². The molecule has 1 aromatic carbocycles. The summed E-state index contributed by atoms with van der Waals surface area (Å²) in [4.78, 5) is 26.3. The van der Waals surface area contributed by atoms with E-state index in [1.807, 2.05) is 0 Å². The highest BCUT2D eigenvalue weighted by Crippen LogP contribution is 2.42. The number of halogens is 4. The first kappa shape index (κ1) is 32.4. The van der Waals surface area contributed by atoms with E-state index in [1.165, 1.54) is 6.07 Å². The van der Waals surface area contributed by atoms with Crippen molar-refractivity contribution in [2.45, 2.75) is 69.4 Å². The maximum Gasteiger partial charge on any atom is 0.227 e. The quantitative estimate of drug-likeness (QED) is 0.408. The minimum Gasteiger partial charge on any atom is -0.396 e. The second kappa shape index (κ2) is 13.4. The molecule has 47 heavy (non-hydrogen) atoms. The zero-order valence-corrected chi connectivity index (χ0v) is 27.1. The Hall–Kier alpha value is -3.13. The van der Waals surface area contributed by atoms with Crippen LogP contribution in [0.15, 0.2) is 17.3 Å². The highest BCUT2D eigenvalue weighted by molar-refractivity contribution is 6.32. The Morgan fingerprint density at radius 2 is 2.00 bits per heavy atom. The molecule has 0 spiro atoms. The van der Waals surface area contributed by atoms with E-state index in [-0.39, 0.29) is 46.1 Å². The lowest BCUT2D eigenvalue weighted by molar-refractivity contribution is -0.121. The molecule has 6 bridgehead atoms. The Kier molecular flexibility index (Phi) is 9.25. The topological polar surface area (TPSA) is 117 Å². The molecule has 2 unspecified atom stereocenters. The smallest absolute Gasteiger partial charge is 0.227 e. The van der Waals surface area contributed by atoms with Gasteiger partial charge in [-0.1, -0.05) is 11.6 Å². The van der Waals surface area contributed by atoms with E-state index in [0.717, 1.165) is 19.4 Å². The van der Waals surface area contributed by atoms with Crippen LogP contribution in [0.2, 0.25) is 5.02 Å². The normalized spacial score (nSPS) is 28.4. The Morgan fingerprint density at radius 3 is 2.87 bits per heavy atom. The molecule has 1 aromatic heterocycles. The predicted octanol–water partition coefficient (Wildman–Crippen LogP) is 4.49. The van der Waals surface area contributed by atoms with Crippen LogP contribution in [0.5, 0.6) is 0 Å². The van der Waals surface area contributed by atoms with Gasteiger partial charge in [-0.3, -0.25) is 14.7 Å². The molecule has 6 aliphatic heterocycles. The minimum atomic E-state index is -0.952. The molecule has 4 atom stereocenters. The van der Waals surface area contributed by atoms with Gasteiger partial charge in [-0.2, -0.15) is 0 Å². The SMILES string of the molecule is Nc1cc2c(c(Cl)c1F)CCCCC(=O)NCCC1COCCN(C1)C1=NC(OC[C@@]34CCCN3C[C@H](F)C4)Nc3c1cnc-2c3F. The monoisotopic (exact) mass is 675 g/mol. The number of fused-ring (bicyclic) bond motifs is 9. The van der Waals surface area contributed by atoms with Gasteiger partial charge >= 0.3 is 0 Å². The second-order valence-corrected chi connectivity index (χ2v) is 13.8. The molecular weight excluding hydrogens is 635 g/mol. The van der Waals surface area contributed by atoms with Crippen LogP contribution in [0, 0.1) is 17.6 Å². The molecule has 3 saturated heterocycles. The van der Waals surface area contributed by atoms with Gasteiger partial charge in [0.2, 0.25) is 12.3 Å². The fourth-order valence-corrected chi connectivity index (χ4v) is 8.12. The number of aromatic nitrogens is 1. The predicted molar refractivity (Wildman–Crippen MR) is 173 cm³/mol. The number of rotatable bonds is 3. The number of amidine groups is 1. The molecule has 14 heteroatoms. The average molecular weight is 676 g/mol. The summed E-state index contributed by atoms with van der Waals surface area (Å²) in [5.41, 5.74) is 6.59. The summed E-state index contributed by atoms with van der Waals surface area (Å²) in [6.45, 7) is 3.99. The number of benzene rings is 1. The number of carbonyl (C=O) groups excluding carboxylic acids is 1. The number of nitrogen functional groups attached to an aromatic ring is 1. The van der Waals surface area contributed by atoms with Crippen molar-refractivity contribution in [3.05, 3.63) is 40.0 Å². The van der Waals surface area contributed by atoms with Gasteiger partial charge in [0.15, 0.2) is 11.6 Å². The number of nitrogens with zero attached hydrogens (tertiary/aromatic N) is 4. The Labute approximate surface area is 277 Å². The summed E-state index contributed by atoms with van der Waals surface area (Å²) in [6.07, 6.45) is 4.24. The molecule has 7 heterocycles. The van der Waals surface area contributed by atoms with Gasteiger partial charge in [-0.15, -0.1) is 0 Å². The van der Waals surface area contributed by atoms with Crippen LogP contribution in [-0.2, 0) is 20.7 Å². The van der Waals surface area contributed by atoms with E-state index in [1.54, 1.807) is 6.20 Å². The van der Waals surface area contributed by atoms with Crippen molar-refractivity contribution in [1.29, 1.82) is 0 Å². The van der Waals surface area contributed by atoms with Crippen molar-refractivity contribution in [1.82, 2.24) is 20.1 Å². The third-order valence-electron chi connectivity index (χ3n) is 10.2. The molecule has 2 aromatic rings. The number of aliphatic imine (C=N–C) groups is 1. The molecule has 0 aliphatic carbocycles. The highest BCUT2D eigenvalue weighted by Gasteiger charge is 2.49. The van der Waals surface area contributed by atoms with Crippen molar-refractivity contribution in [2.24, 2.45) is 10.9 Å². The van der Waals surface area contributed by atoms with E-state index in [0.29, 0.717) is 94.9 Å². The summed E-state index contributed by atoms with van der Waals surface area (Å²) in [5, 5.41) is 5.98. The number of amides is 1. The lowest BCUT2D eigenvalue weighted by Crippen LogP contribution is -2.46. The molecule has 1 amide bonds. The van der Waals surface area contributed by atoms with Crippen molar-refractivity contribution >= 4 is 34.7 Å². The van der Waals surface area contributed by atoms with Gasteiger partial charge in [0, 0.05) is 62.2 Å². The molecule has 4 N–H and O–H groups in total. The molecule has 254 valence electrons. The van der Waals surface area contributed by atoms with E-state index in [4.69, 9.17) is 31.8 Å². The molecule has 3 fully saturated rings. The molecule has 10 nitrogen and oxygen atoms in total. The Morgan fingerprint density at radius 1 is 1.15 bits per heavy atom. The largest absolute Gasteiger partial charge is 0.396 e. The van der Waals surface area contributed by atoms with Gasteiger partial charge in [0.05, 0.1) is 41.8 Å². The maximum atomic E-state index is 16.9. The number of hydrogen-bond acceptors (Lipinski definition) is 9. The number of carbonyl (C=O) groups is 1. The van der Waals surface area contributed by atoms with Crippen molar-refractivity contribution in [3.63, 3.8) is 0 Å². The Balaban J connectivity index is 1.30. The number of nitrogens with one attached hydrogen (secondary N) is 2. The minimum absolute atomic E-state index is 0.0348. The van der Waals surface area contributed by atoms with Crippen LogP contribution >= 0.6 is 11.6 Å². The van der Waals surface area contributed by atoms with Crippen LogP contribution in [0.3, 0.4) is 0 Å². The van der Waals surface area contributed by atoms with Gasteiger partial charge in [0.25, 0.3) is 0 Å². The Bertz CT molecular complexity index is 1560. The van der Waals surface area contributed by atoms with E-state index in [2.05, 4.69) is 25.4 Å². The zero-order chi connectivity index (χ0) is 32.7. The number of ether oxygens (including phenoxy) is 2. The molecule has 0 radical (unpaired) electrons. The van der Waals surface area contributed by atoms with E-state index in [9.17, 15) is 13.6 Å². The van der Waals surface area contributed by atoms with Gasteiger partial charge < -0.3 is 30.7 Å².